The van der Waals surface area contributed by atoms with Crippen LogP contribution in [0.25, 0.3) is 0 Å². The monoisotopic (exact) mass is 319 g/mol. The van der Waals surface area contributed by atoms with Gasteiger partial charge >= 0.3 is 0 Å². The molecule has 0 unspecified atom stereocenters. The van der Waals surface area contributed by atoms with E-state index in [9.17, 15) is 4.79 Å². The van der Waals surface area contributed by atoms with Crippen LogP contribution in [0, 0.1) is 6.92 Å². The predicted octanol–water partition coefficient (Wildman–Crippen LogP) is 3.20. The summed E-state index contributed by atoms with van der Waals surface area (Å²) in [5, 5.41) is 3.91. The van der Waals surface area contributed by atoms with Gasteiger partial charge in [0, 0.05) is 17.4 Å². The van der Waals surface area contributed by atoms with Crippen molar-refractivity contribution in [3.63, 3.8) is 0 Å². The fourth-order valence-electron chi connectivity index (χ4n) is 3.46. The number of thioether (sulfide) groups is 1. The van der Waals surface area contributed by atoms with Gasteiger partial charge in [-0.25, -0.2) is 9.97 Å². The summed E-state index contributed by atoms with van der Waals surface area (Å²) in [6, 6.07) is 0.382. The van der Waals surface area contributed by atoms with Gasteiger partial charge in [0.2, 0.25) is 5.91 Å². The maximum Gasteiger partial charge on any atom is 0.230 e. The van der Waals surface area contributed by atoms with E-state index >= 15 is 0 Å². The van der Waals surface area contributed by atoms with Crippen molar-refractivity contribution in [2.24, 2.45) is 0 Å². The SMILES string of the molecule is Cc1nc(SCC(=O)NC2CCCCC2)nc2c1CCCC2. The maximum absolute atomic E-state index is 12.1. The summed E-state index contributed by atoms with van der Waals surface area (Å²) in [5.74, 6) is 0.547. The molecule has 0 aromatic carbocycles. The zero-order valence-electron chi connectivity index (χ0n) is 13.4. The first-order chi connectivity index (χ1) is 10.7. The number of nitrogens with zero attached hydrogens (tertiary/aromatic N) is 2. The summed E-state index contributed by atoms with van der Waals surface area (Å²) in [7, 11) is 0. The second kappa shape index (κ2) is 7.44. The summed E-state index contributed by atoms with van der Waals surface area (Å²) < 4.78 is 0. The molecule has 1 fully saturated rings. The van der Waals surface area contributed by atoms with Crippen molar-refractivity contribution < 1.29 is 4.79 Å². The molecule has 0 spiro atoms. The lowest BCUT2D eigenvalue weighted by atomic mass is 9.95. The van der Waals surface area contributed by atoms with Gasteiger partial charge in [-0.15, -0.1) is 0 Å². The van der Waals surface area contributed by atoms with Gasteiger partial charge in [0.25, 0.3) is 0 Å². The van der Waals surface area contributed by atoms with Crippen LogP contribution in [0.1, 0.15) is 61.9 Å². The minimum absolute atomic E-state index is 0.121. The summed E-state index contributed by atoms with van der Waals surface area (Å²) in [5.41, 5.74) is 3.64. The number of aryl methyl sites for hydroxylation is 2. The molecule has 2 aliphatic rings. The highest BCUT2D eigenvalue weighted by atomic mass is 32.2. The molecule has 1 saturated carbocycles. The average Bonchev–Trinajstić information content (AvgIpc) is 2.54. The normalized spacial score (nSPS) is 18.8. The molecule has 0 aliphatic heterocycles. The number of amides is 1. The highest BCUT2D eigenvalue weighted by Gasteiger charge is 2.18. The van der Waals surface area contributed by atoms with Crippen molar-refractivity contribution in [3.05, 3.63) is 17.0 Å². The third kappa shape index (κ3) is 4.00. The Morgan fingerprint density at radius 1 is 1.14 bits per heavy atom. The number of hydrogen-bond donors (Lipinski definition) is 1. The smallest absolute Gasteiger partial charge is 0.230 e. The molecule has 1 N–H and O–H groups in total. The van der Waals surface area contributed by atoms with Crippen LogP contribution < -0.4 is 5.32 Å². The lowest BCUT2D eigenvalue weighted by Gasteiger charge is -2.22. The molecule has 1 aromatic rings. The third-order valence-corrected chi connectivity index (χ3v) is 5.52. The van der Waals surface area contributed by atoms with E-state index in [2.05, 4.69) is 22.2 Å². The van der Waals surface area contributed by atoms with Crippen LogP contribution in [0.3, 0.4) is 0 Å². The first-order valence-electron chi connectivity index (χ1n) is 8.51. The van der Waals surface area contributed by atoms with Gasteiger partial charge < -0.3 is 5.32 Å². The Kier molecular flexibility index (Phi) is 5.34. The van der Waals surface area contributed by atoms with Gasteiger partial charge in [-0.3, -0.25) is 4.79 Å². The molecule has 4 nitrogen and oxygen atoms in total. The summed E-state index contributed by atoms with van der Waals surface area (Å²) in [6.45, 7) is 2.07. The van der Waals surface area contributed by atoms with Crippen LogP contribution in [0.15, 0.2) is 5.16 Å². The van der Waals surface area contributed by atoms with E-state index in [4.69, 9.17) is 0 Å². The van der Waals surface area contributed by atoms with Crippen LogP contribution in [0.2, 0.25) is 0 Å². The average molecular weight is 319 g/mol. The molecule has 0 bridgehead atoms. The summed E-state index contributed by atoms with van der Waals surface area (Å²) in [4.78, 5) is 21.3. The van der Waals surface area contributed by atoms with Crippen molar-refractivity contribution in [2.75, 3.05) is 5.75 Å². The fourth-order valence-corrected chi connectivity index (χ4v) is 4.18. The Labute approximate surface area is 136 Å². The summed E-state index contributed by atoms with van der Waals surface area (Å²) in [6.07, 6.45) is 10.7. The molecular weight excluding hydrogens is 294 g/mol. The minimum atomic E-state index is 0.121. The van der Waals surface area contributed by atoms with Crippen LogP contribution in [-0.2, 0) is 17.6 Å². The van der Waals surface area contributed by atoms with Gasteiger partial charge in [-0.2, -0.15) is 0 Å². The van der Waals surface area contributed by atoms with Crippen LogP contribution in [0.4, 0.5) is 0 Å². The molecule has 1 amide bonds. The van der Waals surface area contributed by atoms with E-state index in [1.54, 1.807) is 0 Å². The number of aromatic nitrogens is 2. The van der Waals surface area contributed by atoms with E-state index in [1.807, 2.05) is 0 Å². The molecule has 2 aliphatic carbocycles. The molecule has 120 valence electrons. The third-order valence-electron chi connectivity index (χ3n) is 4.67. The van der Waals surface area contributed by atoms with Crippen LogP contribution in [-0.4, -0.2) is 27.7 Å². The Morgan fingerprint density at radius 3 is 2.73 bits per heavy atom. The lowest BCUT2D eigenvalue weighted by molar-refractivity contribution is -0.119. The topological polar surface area (TPSA) is 54.9 Å². The molecule has 0 saturated heterocycles. The minimum Gasteiger partial charge on any atom is -0.353 e. The summed E-state index contributed by atoms with van der Waals surface area (Å²) >= 11 is 1.47. The maximum atomic E-state index is 12.1. The van der Waals surface area contributed by atoms with Crippen molar-refractivity contribution in [1.82, 2.24) is 15.3 Å². The van der Waals surface area contributed by atoms with Crippen LogP contribution >= 0.6 is 11.8 Å². The molecule has 22 heavy (non-hydrogen) atoms. The number of carbonyl (C=O) groups is 1. The van der Waals surface area contributed by atoms with Crippen molar-refractivity contribution in [1.29, 1.82) is 0 Å². The molecule has 0 atom stereocenters. The molecular formula is C17H25N3OS. The Morgan fingerprint density at radius 2 is 1.91 bits per heavy atom. The van der Waals surface area contributed by atoms with Gasteiger partial charge in [-0.05, 0) is 51.0 Å². The Balaban J connectivity index is 1.54. The number of carbonyl (C=O) groups excluding carboxylic acids is 1. The quantitative estimate of drug-likeness (QED) is 0.684. The largest absolute Gasteiger partial charge is 0.353 e. The predicted molar refractivity (Wildman–Crippen MR) is 89.2 cm³/mol. The van der Waals surface area contributed by atoms with Gasteiger partial charge in [0.05, 0.1) is 5.75 Å². The fraction of sp³-hybridized carbons (Fsp3) is 0.706. The molecule has 0 radical (unpaired) electrons. The Hall–Kier alpha value is -1.10. The molecule has 1 heterocycles. The standard InChI is InChI=1S/C17H25N3OS/c1-12-14-9-5-6-10-15(14)20-17(18-12)22-11-16(21)19-13-7-3-2-4-8-13/h13H,2-11H2,1H3,(H,19,21). The molecule has 5 heteroatoms. The van der Waals surface area contributed by atoms with E-state index in [0.717, 1.165) is 36.5 Å². The zero-order chi connectivity index (χ0) is 15.4. The van der Waals surface area contributed by atoms with Gasteiger partial charge in [0.1, 0.15) is 0 Å². The molecule has 1 aromatic heterocycles. The van der Waals surface area contributed by atoms with Crippen molar-refractivity contribution in [3.8, 4) is 0 Å². The first-order valence-corrected chi connectivity index (χ1v) is 9.49. The highest BCUT2D eigenvalue weighted by molar-refractivity contribution is 7.99. The molecule has 3 rings (SSSR count). The lowest BCUT2D eigenvalue weighted by Crippen LogP contribution is -2.37. The van der Waals surface area contributed by atoms with Gasteiger partial charge in [0.15, 0.2) is 5.16 Å². The van der Waals surface area contributed by atoms with Crippen LogP contribution in [0.5, 0.6) is 0 Å². The van der Waals surface area contributed by atoms with E-state index in [0.29, 0.717) is 11.8 Å². The Bertz CT molecular complexity index is 541. The second-order valence-electron chi connectivity index (χ2n) is 6.42. The van der Waals surface area contributed by atoms with E-state index < -0.39 is 0 Å². The van der Waals surface area contributed by atoms with Gasteiger partial charge in [-0.1, -0.05) is 31.0 Å². The highest BCUT2D eigenvalue weighted by Crippen LogP contribution is 2.24. The first kappa shape index (κ1) is 15.8. The zero-order valence-corrected chi connectivity index (χ0v) is 14.2. The van der Waals surface area contributed by atoms with E-state index in [1.165, 1.54) is 55.1 Å². The van der Waals surface area contributed by atoms with E-state index in [-0.39, 0.29) is 5.91 Å². The number of fused-ring (bicyclic) bond motifs is 1. The van der Waals surface area contributed by atoms with Crippen molar-refractivity contribution >= 4 is 17.7 Å². The second-order valence-corrected chi connectivity index (χ2v) is 7.36. The number of nitrogens with one attached hydrogen (secondary N) is 1. The number of hydrogen-bond acceptors (Lipinski definition) is 4. The number of rotatable bonds is 4. The van der Waals surface area contributed by atoms with Crippen molar-refractivity contribution in [2.45, 2.75) is 75.9 Å².